The maximum absolute atomic E-state index is 12.9. The summed E-state index contributed by atoms with van der Waals surface area (Å²) >= 11 is 0. The second-order valence-corrected chi connectivity index (χ2v) is 7.25. The summed E-state index contributed by atoms with van der Waals surface area (Å²) in [4.78, 5) is 36.0. The summed E-state index contributed by atoms with van der Waals surface area (Å²) in [5.41, 5.74) is 5.95. The number of aryl methyl sites for hydroxylation is 1. The zero-order valence-corrected chi connectivity index (χ0v) is 17.7. The standard InChI is InChI=1S/C23H20N4O5/c1-14-11-16(12-19-22(28)24-26(23(19)29)17-7-5-4-6-8-17)15(2)25(14)20-10-9-18(27(30)31)13-21(20)32-3/h4-13H,1-3H3,(H,24,28). The quantitative estimate of drug-likeness (QED) is 0.288. The van der Waals surface area contributed by atoms with Gasteiger partial charge in [0.25, 0.3) is 17.5 Å². The molecular weight excluding hydrogens is 412 g/mol. The molecule has 1 aliphatic rings. The molecule has 32 heavy (non-hydrogen) atoms. The van der Waals surface area contributed by atoms with E-state index in [2.05, 4.69) is 5.43 Å². The Morgan fingerprint density at radius 3 is 2.44 bits per heavy atom. The highest BCUT2D eigenvalue weighted by Gasteiger charge is 2.34. The van der Waals surface area contributed by atoms with Gasteiger partial charge in [-0.05, 0) is 49.8 Å². The van der Waals surface area contributed by atoms with E-state index < -0.39 is 16.7 Å². The molecule has 9 heteroatoms. The monoisotopic (exact) mass is 432 g/mol. The van der Waals surface area contributed by atoms with Crippen molar-refractivity contribution in [2.45, 2.75) is 13.8 Å². The van der Waals surface area contributed by atoms with Gasteiger partial charge in [0.2, 0.25) is 0 Å². The molecule has 1 aliphatic heterocycles. The number of nitrogens with one attached hydrogen (secondary N) is 1. The van der Waals surface area contributed by atoms with Crippen molar-refractivity contribution in [2.75, 3.05) is 12.1 Å². The molecule has 0 saturated carbocycles. The van der Waals surface area contributed by atoms with Gasteiger partial charge in [0, 0.05) is 17.5 Å². The fourth-order valence-corrected chi connectivity index (χ4v) is 3.74. The minimum absolute atomic E-state index is 0.0183. The number of carbonyl (C=O) groups excluding carboxylic acids is 2. The molecule has 1 fully saturated rings. The smallest absolute Gasteiger partial charge is 0.282 e. The first-order chi connectivity index (χ1) is 15.3. The highest BCUT2D eigenvalue weighted by Crippen LogP contribution is 2.32. The predicted octanol–water partition coefficient (Wildman–Crippen LogP) is 3.47. The maximum Gasteiger partial charge on any atom is 0.282 e. The number of rotatable bonds is 5. The summed E-state index contributed by atoms with van der Waals surface area (Å²) in [5.74, 6) is -0.597. The summed E-state index contributed by atoms with van der Waals surface area (Å²) in [6.45, 7) is 3.70. The third-order valence-electron chi connectivity index (χ3n) is 5.29. The van der Waals surface area contributed by atoms with Crippen molar-refractivity contribution in [3.63, 3.8) is 0 Å². The van der Waals surface area contributed by atoms with Crippen molar-refractivity contribution < 1.29 is 19.2 Å². The van der Waals surface area contributed by atoms with Crippen LogP contribution in [0.2, 0.25) is 0 Å². The van der Waals surface area contributed by atoms with Crippen LogP contribution in [0.25, 0.3) is 11.8 Å². The lowest BCUT2D eigenvalue weighted by Crippen LogP contribution is -2.35. The molecule has 2 aromatic carbocycles. The van der Waals surface area contributed by atoms with E-state index in [-0.39, 0.29) is 11.3 Å². The van der Waals surface area contributed by atoms with Crippen LogP contribution in [0, 0.1) is 24.0 Å². The molecule has 2 heterocycles. The Morgan fingerprint density at radius 2 is 1.78 bits per heavy atom. The molecule has 0 spiro atoms. The molecule has 0 aliphatic carbocycles. The van der Waals surface area contributed by atoms with Crippen molar-refractivity contribution in [1.29, 1.82) is 0 Å². The van der Waals surface area contributed by atoms with Crippen LogP contribution in [-0.4, -0.2) is 28.4 Å². The first-order valence-corrected chi connectivity index (χ1v) is 9.75. The second kappa shape index (κ2) is 8.03. The van der Waals surface area contributed by atoms with Gasteiger partial charge in [-0.15, -0.1) is 0 Å². The first-order valence-electron chi connectivity index (χ1n) is 9.75. The van der Waals surface area contributed by atoms with E-state index in [9.17, 15) is 19.7 Å². The molecule has 1 saturated heterocycles. The van der Waals surface area contributed by atoms with Crippen molar-refractivity contribution in [2.24, 2.45) is 0 Å². The van der Waals surface area contributed by atoms with Crippen LogP contribution in [0.4, 0.5) is 11.4 Å². The Hall–Kier alpha value is -4.40. The third-order valence-corrected chi connectivity index (χ3v) is 5.29. The molecule has 2 amide bonds. The number of nitro benzene ring substituents is 1. The summed E-state index contributed by atoms with van der Waals surface area (Å²) in [6.07, 6.45) is 1.55. The van der Waals surface area contributed by atoms with Gasteiger partial charge >= 0.3 is 0 Å². The molecule has 4 rings (SSSR count). The minimum Gasteiger partial charge on any atom is -0.494 e. The van der Waals surface area contributed by atoms with Crippen LogP contribution >= 0.6 is 0 Å². The number of para-hydroxylation sites is 1. The van der Waals surface area contributed by atoms with Crippen molar-refractivity contribution >= 4 is 29.3 Å². The van der Waals surface area contributed by atoms with E-state index in [4.69, 9.17) is 4.74 Å². The molecule has 0 radical (unpaired) electrons. The Kier molecular flexibility index (Phi) is 5.23. The summed E-state index contributed by atoms with van der Waals surface area (Å²) in [6, 6.07) is 15.1. The van der Waals surface area contributed by atoms with Crippen LogP contribution in [0.5, 0.6) is 5.75 Å². The number of aromatic nitrogens is 1. The maximum atomic E-state index is 12.9. The number of nitro groups is 1. The topological polar surface area (TPSA) is 107 Å². The van der Waals surface area contributed by atoms with Gasteiger partial charge in [0.15, 0.2) is 0 Å². The van der Waals surface area contributed by atoms with E-state index in [0.29, 0.717) is 22.7 Å². The molecule has 1 N–H and O–H groups in total. The number of carbonyl (C=O) groups is 2. The number of benzene rings is 2. The highest BCUT2D eigenvalue weighted by molar-refractivity contribution is 6.31. The number of hydrogen-bond acceptors (Lipinski definition) is 5. The van der Waals surface area contributed by atoms with E-state index >= 15 is 0 Å². The van der Waals surface area contributed by atoms with Gasteiger partial charge < -0.3 is 9.30 Å². The summed E-state index contributed by atoms with van der Waals surface area (Å²) in [5, 5.41) is 12.3. The van der Waals surface area contributed by atoms with E-state index in [1.807, 2.05) is 30.5 Å². The average molecular weight is 432 g/mol. The van der Waals surface area contributed by atoms with Gasteiger partial charge in [-0.2, -0.15) is 0 Å². The van der Waals surface area contributed by atoms with E-state index in [1.54, 1.807) is 36.4 Å². The van der Waals surface area contributed by atoms with Crippen LogP contribution in [0.15, 0.2) is 60.2 Å². The molecular formula is C23H20N4O5. The number of amides is 2. The first kappa shape index (κ1) is 20.9. The second-order valence-electron chi connectivity index (χ2n) is 7.25. The zero-order chi connectivity index (χ0) is 23.0. The van der Waals surface area contributed by atoms with Crippen LogP contribution in [0.3, 0.4) is 0 Å². The van der Waals surface area contributed by atoms with Crippen LogP contribution < -0.4 is 15.2 Å². The van der Waals surface area contributed by atoms with Crippen LogP contribution in [-0.2, 0) is 9.59 Å². The largest absolute Gasteiger partial charge is 0.494 e. The predicted molar refractivity (Wildman–Crippen MR) is 118 cm³/mol. The third kappa shape index (κ3) is 3.49. The molecule has 162 valence electrons. The van der Waals surface area contributed by atoms with Gasteiger partial charge in [-0.25, -0.2) is 5.01 Å². The van der Waals surface area contributed by atoms with Crippen LogP contribution in [0.1, 0.15) is 17.0 Å². The number of hydrazine groups is 1. The number of hydrogen-bond donors (Lipinski definition) is 1. The van der Waals surface area contributed by atoms with Crippen molar-refractivity contribution in [3.05, 3.63) is 87.2 Å². The van der Waals surface area contributed by atoms with Gasteiger partial charge in [-0.1, -0.05) is 18.2 Å². The van der Waals surface area contributed by atoms with Gasteiger partial charge in [0.05, 0.1) is 29.5 Å². The lowest BCUT2D eigenvalue weighted by Gasteiger charge is -2.14. The van der Waals surface area contributed by atoms with Gasteiger partial charge in [-0.3, -0.25) is 25.1 Å². The number of anilines is 1. The van der Waals surface area contributed by atoms with E-state index in [1.165, 1.54) is 24.3 Å². The zero-order valence-electron chi connectivity index (χ0n) is 17.7. The summed E-state index contributed by atoms with van der Waals surface area (Å²) < 4.78 is 7.24. The number of non-ortho nitro benzene ring substituents is 1. The summed E-state index contributed by atoms with van der Waals surface area (Å²) in [7, 11) is 1.44. The Morgan fingerprint density at radius 1 is 1.06 bits per heavy atom. The molecule has 0 atom stereocenters. The lowest BCUT2D eigenvalue weighted by molar-refractivity contribution is -0.384. The SMILES string of the molecule is COc1cc([N+](=O)[O-])ccc1-n1c(C)cc(C=C2C(=O)NN(c3ccccc3)C2=O)c1C. The Labute approximate surface area is 183 Å². The van der Waals surface area contributed by atoms with Crippen molar-refractivity contribution in [1.82, 2.24) is 9.99 Å². The number of methoxy groups -OCH3 is 1. The highest BCUT2D eigenvalue weighted by atomic mass is 16.6. The molecule has 0 bridgehead atoms. The molecule has 3 aromatic rings. The number of nitrogens with zero attached hydrogens (tertiary/aromatic N) is 3. The fourth-order valence-electron chi connectivity index (χ4n) is 3.74. The molecule has 0 unspecified atom stereocenters. The van der Waals surface area contributed by atoms with Gasteiger partial charge in [0.1, 0.15) is 11.3 Å². The Bertz CT molecular complexity index is 1280. The van der Waals surface area contributed by atoms with Crippen molar-refractivity contribution in [3.8, 4) is 11.4 Å². The minimum atomic E-state index is -0.489. The average Bonchev–Trinajstić information content (AvgIpc) is 3.23. The number of ether oxygens (including phenoxy) is 1. The lowest BCUT2D eigenvalue weighted by atomic mass is 10.1. The molecule has 9 nitrogen and oxygen atoms in total. The normalized spacial score (nSPS) is 14.7. The van der Waals surface area contributed by atoms with E-state index in [0.717, 1.165) is 11.4 Å². The fraction of sp³-hybridized carbons (Fsp3) is 0.130. The molecule has 1 aromatic heterocycles. The Balaban J connectivity index is 1.74.